The third-order valence-corrected chi connectivity index (χ3v) is 12.8. The SMILES string of the molecule is CC(C)(C)OC(=O)C[C@@H](C(=O)OC(C)(C)C)N(CCOCCOCCOCCOCCOCCOCCN([C@@H](CC(=O)OC(C)(C)C)C(=O)OC(C)(C)C)S(=O)(=O)NC(=O)OCc1ccccc1)S(=O)(=O)NC(=O)OCc1ccccc1. The summed E-state index contributed by atoms with van der Waals surface area (Å²) in [7, 11) is -9.74. The molecule has 2 rings (SSSR count). The summed E-state index contributed by atoms with van der Waals surface area (Å²) >= 11 is 0. The lowest BCUT2D eigenvalue weighted by Gasteiger charge is -2.31. The number of nitrogens with zero attached hydrogens (tertiary/aromatic N) is 2. The molecule has 0 heterocycles. The van der Waals surface area contributed by atoms with Gasteiger partial charge in [-0.05, 0) is 94.2 Å². The van der Waals surface area contributed by atoms with E-state index in [1.807, 2.05) is 0 Å². The minimum atomic E-state index is -4.87. The summed E-state index contributed by atoms with van der Waals surface area (Å²) in [6.07, 6.45) is -4.14. The zero-order valence-electron chi connectivity index (χ0n) is 49.3. The average Bonchev–Trinajstić information content (AvgIpc) is 3.56. The van der Waals surface area contributed by atoms with E-state index in [-0.39, 0.29) is 92.5 Å². The maximum atomic E-state index is 13.7. The molecule has 2 amide bonds. The van der Waals surface area contributed by atoms with Gasteiger partial charge in [-0.3, -0.25) is 19.2 Å². The fourth-order valence-corrected chi connectivity index (χ4v) is 9.05. The minimum absolute atomic E-state index is 0.00604. The third kappa shape index (κ3) is 33.5. The van der Waals surface area contributed by atoms with E-state index in [0.717, 1.165) is 0 Å². The van der Waals surface area contributed by atoms with Gasteiger partial charge in [-0.2, -0.15) is 25.4 Å². The lowest BCUT2D eigenvalue weighted by atomic mass is 10.1. The van der Waals surface area contributed by atoms with Gasteiger partial charge in [-0.15, -0.1) is 0 Å². The first-order chi connectivity index (χ1) is 38.2. The van der Waals surface area contributed by atoms with Crippen molar-refractivity contribution in [2.45, 2.75) is 144 Å². The van der Waals surface area contributed by atoms with Crippen LogP contribution in [0.2, 0.25) is 0 Å². The van der Waals surface area contributed by atoms with E-state index in [4.69, 9.17) is 56.8 Å². The first-order valence-electron chi connectivity index (χ1n) is 26.5. The number of carbonyl (C=O) groups excluding carboxylic acids is 6. The van der Waals surface area contributed by atoms with Crippen LogP contribution in [0.4, 0.5) is 9.59 Å². The Morgan fingerprint density at radius 1 is 0.402 bits per heavy atom. The van der Waals surface area contributed by atoms with Crippen molar-refractivity contribution in [3.05, 3.63) is 71.8 Å². The molecule has 0 unspecified atom stereocenters. The van der Waals surface area contributed by atoms with Crippen LogP contribution in [0.1, 0.15) is 107 Å². The standard InChI is InChI=1S/C54H86N4O22S2/c1-51(2,3)77-45(59)37-43(47(61)79-53(7,8)9)57(81(65,66)55-49(63)75-39-41-19-15-13-16-20-41)23-25-69-27-29-71-31-33-73-35-36-74-34-32-72-30-28-70-26-24-58(82(67,68)56-50(64)76-40-42-21-17-14-18-22-42)44(48(62)80-54(10,11)12)38-46(60)78-52(4,5)6/h13-22,43-44H,23-40H2,1-12H3,(H,55,63)(H,56,64)/t43-,44-/m0/s1. The number of hydrogen-bond donors (Lipinski definition) is 2. The molecule has 0 aliphatic heterocycles. The van der Waals surface area contributed by atoms with Crippen molar-refractivity contribution in [1.29, 1.82) is 0 Å². The molecule has 0 aromatic heterocycles. The largest absolute Gasteiger partial charge is 0.460 e. The molecule has 0 radical (unpaired) electrons. The van der Waals surface area contributed by atoms with Gasteiger partial charge in [-0.1, -0.05) is 60.7 Å². The minimum Gasteiger partial charge on any atom is -0.460 e. The Morgan fingerprint density at radius 3 is 0.915 bits per heavy atom. The second-order valence-electron chi connectivity index (χ2n) is 21.9. The smallest absolute Gasteiger partial charge is 0.422 e. The Balaban J connectivity index is 1.83. The number of amides is 2. The van der Waals surface area contributed by atoms with E-state index < -0.39 is 117 Å². The summed E-state index contributed by atoms with van der Waals surface area (Å²) < 4.78 is 125. The molecule has 0 aliphatic rings. The Bertz CT molecular complexity index is 2310. The molecule has 28 heteroatoms. The van der Waals surface area contributed by atoms with Crippen molar-refractivity contribution in [1.82, 2.24) is 18.1 Å². The summed E-state index contributed by atoms with van der Waals surface area (Å²) in [5.74, 6) is -3.91. The normalized spacial score (nSPS) is 13.2. The Morgan fingerprint density at radius 2 is 0.659 bits per heavy atom. The van der Waals surface area contributed by atoms with E-state index >= 15 is 0 Å². The van der Waals surface area contributed by atoms with Gasteiger partial charge < -0.3 is 56.8 Å². The highest BCUT2D eigenvalue weighted by molar-refractivity contribution is 7.88. The van der Waals surface area contributed by atoms with Crippen molar-refractivity contribution in [3.63, 3.8) is 0 Å². The molecule has 0 bridgehead atoms. The highest BCUT2D eigenvalue weighted by Crippen LogP contribution is 2.22. The molecule has 2 atom stereocenters. The fourth-order valence-electron chi connectivity index (χ4n) is 6.66. The van der Waals surface area contributed by atoms with Crippen molar-refractivity contribution < 1.29 is 102 Å². The quantitative estimate of drug-likeness (QED) is 0.0515. The summed E-state index contributed by atoms with van der Waals surface area (Å²) in [6.45, 7) is 18.3. The van der Waals surface area contributed by atoms with Crippen LogP contribution in [0.3, 0.4) is 0 Å². The van der Waals surface area contributed by atoms with Gasteiger partial charge in [0.15, 0.2) is 0 Å². The summed E-state index contributed by atoms with van der Waals surface area (Å²) in [4.78, 5) is 78.5. The third-order valence-electron chi connectivity index (χ3n) is 9.85. The lowest BCUT2D eigenvalue weighted by molar-refractivity contribution is -0.167. The van der Waals surface area contributed by atoms with Crippen LogP contribution < -0.4 is 9.44 Å². The fraction of sp³-hybridized carbons (Fsp3) is 0.667. The average molecular weight is 1210 g/mol. The first-order valence-corrected chi connectivity index (χ1v) is 29.4. The molecule has 0 spiro atoms. The van der Waals surface area contributed by atoms with Gasteiger partial charge >= 0.3 is 56.5 Å². The molecule has 2 N–H and O–H groups in total. The van der Waals surface area contributed by atoms with Crippen molar-refractivity contribution in [3.8, 4) is 0 Å². The van der Waals surface area contributed by atoms with Crippen LogP contribution in [0.15, 0.2) is 60.7 Å². The second kappa shape index (κ2) is 35.5. The Hall–Kier alpha value is -5.56. The van der Waals surface area contributed by atoms with E-state index in [0.29, 0.717) is 19.7 Å². The molecule has 0 saturated carbocycles. The number of nitrogens with one attached hydrogen (secondary N) is 2. The van der Waals surface area contributed by atoms with Gasteiger partial charge in [0.05, 0.1) is 92.1 Å². The van der Waals surface area contributed by atoms with Crippen molar-refractivity contribution in [2.24, 2.45) is 0 Å². The van der Waals surface area contributed by atoms with Crippen molar-refractivity contribution in [2.75, 3.05) is 92.4 Å². The molecular weight excluding hydrogens is 1120 g/mol. The Kier molecular flexibility index (Phi) is 31.4. The topological polar surface area (TPSA) is 312 Å². The molecule has 466 valence electrons. The lowest BCUT2D eigenvalue weighted by Crippen LogP contribution is -2.54. The van der Waals surface area contributed by atoms with Gasteiger partial charge in [0.1, 0.15) is 47.7 Å². The molecule has 0 saturated heterocycles. The Labute approximate surface area is 483 Å². The molecule has 26 nitrogen and oxygen atoms in total. The number of hydrogen-bond acceptors (Lipinski definition) is 22. The summed E-state index contributed by atoms with van der Waals surface area (Å²) in [5.41, 5.74) is -2.91. The number of ether oxygens (including phenoxy) is 12. The zero-order chi connectivity index (χ0) is 61.6. The number of esters is 4. The highest BCUT2D eigenvalue weighted by Gasteiger charge is 2.43. The molecule has 2 aromatic rings. The van der Waals surface area contributed by atoms with E-state index in [2.05, 4.69) is 0 Å². The maximum absolute atomic E-state index is 13.7. The van der Waals surface area contributed by atoms with Gasteiger partial charge in [0.2, 0.25) is 0 Å². The molecular formula is C54H86N4O22S2. The van der Waals surface area contributed by atoms with Gasteiger partial charge in [0, 0.05) is 13.1 Å². The highest BCUT2D eigenvalue weighted by atomic mass is 32.2. The molecule has 2 aromatic carbocycles. The number of benzene rings is 2. The van der Waals surface area contributed by atoms with Crippen LogP contribution >= 0.6 is 0 Å². The number of rotatable bonds is 37. The predicted molar refractivity (Wildman–Crippen MR) is 296 cm³/mol. The summed E-state index contributed by atoms with van der Waals surface area (Å²) in [6, 6.07) is 13.5. The zero-order valence-corrected chi connectivity index (χ0v) is 51.0. The van der Waals surface area contributed by atoms with Crippen LogP contribution in [0.25, 0.3) is 0 Å². The van der Waals surface area contributed by atoms with E-state index in [1.165, 1.54) is 0 Å². The van der Waals surface area contributed by atoms with E-state index in [9.17, 15) is 45.6 Å². The van der Waals surface area contributed by atoms with Crippen molar-refractivity contribution >= 4 is 56.5 Å². The second-order valence-corrected chi connectivity index (χ2v) is 25.2. The van der Waals surface area contributed by atoms with Crippen LogP contribution in [-0.4, -0.2) is 188 Å². The first kappa shape index (κ1) is 72.5. The molecule has 0 aliphatic carbocycles. The van der Waals surface area contributed by atoms with Crippen LogP contribution in [-0.2, 0) is 110 Å². The number of carbonyl (C=O) groups is 6. The maximum Gasteiger partial charge on any atom is 0.422 e. The van der Waals surface area contributed by atoms with Gasteiger partial charge in [0.25, 0.3) is 0 Å². The predicted octanol–water partition coefficient (Wildman–Crippen LogP) is 4.92. The molecule has 82 heavy (non-hydrogen) atoms. The summed E-state index contributed by atoms with van der Waals surface area (Å²) in [5, 5.41) is 0. The molecule has 0 fully saturated rings. The monoisotopic (exact) mass is 1210 g/mol. The van der Waals surface area contributed by atoms with Crippen LogP contribution in [0, 0.1) is 0 Å². The van der Waals surface area contributed by atoms with Crippen LogP contribution in [0.5, 0.6) is 0 Å². The van der Waals surface area contributed by atoms with Gasteiger partial charge in [-0.25, -0.2) is 19.0 Å². The van der Waals surface area contributed by atoms with E-state index in [1.54, 1.807) is 153 Å².